The molecule has 1 saturated heterocycles. The van der Waals surface area contributed by atoms with E-state index in [0.29, 0.717) is 18.8 Å². The van der Waals surface area contributed by atoms with Crippen molar-refractivity contribution in [3.63, 3.8) is 0 Å². The van der Waals surface area contributed by atoms with E-state index in [0.717, 1.165) is 30.3 Å². The van der Waals surface area contributed by atoms with Gasteiger partial charge in [-0.3, -0.25) is 9.69 Å². The van der Waals surface area contributed by atoms with Gasteiger partial charge in [-0.1, -0.05) is 18.2 Å². The van der Waals surface area contributed by atoms with Crippen LogP contribution in [0, 0.1) is 0 Å². The molecule has 0 aliphatic carbocycles. The zero-order valence-corrected chi connectivity index (χ0v) is 18.2. The van der Waals surface area contributed by atoms with Gasteiger partial charge in [0.2, 0.25) is 5.56 Å². The maximum Gasteiger partial charge on any atom is 0.416 e. The van der Waals surface area contributed by atoms with Crippen molar-refractivity contribution >= 4 is 17.4 Å². The van der Waals surface area contributed by atoms with Crippen LogP contribution in [-0.2, 0) is 12.7 Å². The minimum atomic E-state index is -4.53. The molecule has 0 saturated carbocycles. The van der Waals surface area contributed by atoms with Gasteiger partial charge in [0.1, 0.15) is 0 Å². The van der Waals surface area contributed by atoms with E-state index >= 15 is 0 Å². The van der Waals surface area contributed by atoms with Gasteiger partial charge >= 0.3 is 12.2 Å². The van der Waals surface area contributed by atoms with Crippen LogP contribution < -0.4 is 21.5 Å². The van der Waals surface area contributed by atoms with Crippen molar-refractivity contribution in [3.8, 4) is 11.1 Å². The number of H-pyrrole nitrogens is 1. The monoisotopic (exact) mass is 471 g/mol. The molecule has 0 atom stereocenters. The molecule has 7 nitrogen and oxygen atoms in total. The summed E-state index contributed by atoms with van der Waals surface area (Å²) < 4.78 is 41.1. The first-order chi connectivity index (χ1) is 16.3. The minimum absolute atomic E-state index is 0.0544. The lowest BCUT2D eigenvalue weighted by Gasteiger charge is -2.28. The van der Waals surface area contributed by atoms with Crippen LogP contribution >= 0.6 is 0 Å². The smallest absolute Gasteiger partial charge is 0.328 e. The Morgan fingerprint density at radius 3 is 2.21 bits per heavy atom. The highest BCUT2D eigenvalue weighted by Gasteiger charge is 2.34. The number of hydrogen-bond acceptors (Lipinski definition) is 4. The Hall–Kier alpha value is -3.63. The van der Waals surface area contributed by atoms with E-state index in [-0.39, 0.29) is 23.4 Å². The molecule has 10 heteroatoms. The largest absolute Gasteiger partial charge is 0.416 e. The number of halogens is 3. The number of nitrogens with zero attached hydrogens (tertiary/aromatic N) is 1. The van der Waals surface area contributed by atoms with Gasteiger partial charge in [-0.2, -0.15) is 13.2 Å². The number of nitrogens with one attached hydrogen (secondary N) is 4. The van der Waals surface area contributed by atoms with Crippen LogP contribution in [0.2, 0.25) is 0 Å². The predicted octanol–water partition coefficient (Wildman–Crippen LogP) is 4.11. The van der Waals surface area contributed by atoms with Gasteiger partial charge in [-0.05, 0) is 47.0 Å². The van der Waals surface area contributed by atoms with E-state index in [9.17, 15) is 22.8 Å². The van der Waals surface area contributed by atoms with Crippen molar-refractivity contribution in [2.24, 2.45) is 0 Å². The SMILES string of the molecule is O=C(Nc1ccc(-c2ccc(=O)[nH]c2)cc1)Nc1ccc(CN2CCNCC2)c(C(F)(F)F)c1. The Bertz CT molecular complexity index is 1180. The molecule has 2 aromatic carbocycles. The molecule has 2 heterocycles. The highest BCUT2D eigenvalue weighted by atomic mass is 19.4. The molecule has 0 bridgehead atoms. The van der Waals surface area contributed by atoms with Crippen LogP contribution in [0.4, 0.5) is 29.3 Å². The van der Waals surface area contributed by atoms with Gasteiger partial charge in [-0.25, -0.2) is 4.79 Å². The molecule has 0 spiro atoms. The Morgan fingerprint density at radius 1 is 0.912 bits per heavy atom. The van der Waals surface area contributed by atoms with E-state index in [1.165, 1.54) is 18.2 Å². The molecule has 4 N–H and O–H groups in total. The van der Waals surface area contributed by atoms with Crippen molar-refractivity contribution in [1.82, 2.24) is 15.2 Å². The van der Waals surface area contributed by atoms with Crippen LogP contribution in [-0.4, -0.2) is 42.1 Å². The normalized spacial score (nSPS) is 14.6. The first-order valence-electron chi connectivity index (χ1n) is 10.8. The summed E-state index contributed by atoms with van der Waals surface area (Å²) in [5.41, 5.74) is 1.38. The molecular formula is C24H24F3N5O2. The number of aromatic nitrogens is 1. The van der Waals surface area contributed by atoms with Crippen molar-refractivity contribution in [2.45, 2.75) is 12.7 Å². The third-order valence-electron chi connectivity index (χ3n) is 5.54. The van der Waals surface area contributed by atoms with Gasteiger partial charge in [0.05, 0.1) is 5.56 Å². The first-order valence-corrected chi connectivity index (χ1v) is 10.8. The number of aromatic amines is 1. The average Bonchev–Trinajstić information content (AvgIpc) is 2.81. The number of rotatable bonds is 5. The third kappa shape index (κ3) is 6.03. The summed E-state index contributed by atoms with van der Waals surface area (Å²) in [6, 6.07) is 13.2. The Kier molecular flexibility index (Phi) is 6.99. The standard InChI is InChI=1S/C24H24F3N5O2/c25-24(26,27)21-13-20(7-3-18(21)15-32-11-9-28-10-12-32)31-23(34)30-19-5-1-16(2-6-19)17-4-8-22(33)29-14-17/h1-8,13-14,28H,9-12,15H2,(H,29,33)(H2,30,31,34). The molecule has 178 valence electrons. The van der Waals surface area contributed by atoms with Crippen LogP contribution in [0.3, 0.4) is 0 Å². The fraction of sp³-hybridized carbons (Fsp3) is 0.250. The molecule has 2 amide bonds. The van der Waals surface area contributed by atoms with Gasteiger partial charge in [0, 0.05) is 56.4 Å². The van der Waals surface area contributed by atoms with Gasteiger partial charge < -0.3 is 20.9 Å². The summed E-state index contributed by atoms with van der Waals surface area (Å²) in [5.74, 6) is 0. The van der Waals surface area contributed by atoms with Crippen LogP contribution in [0.25, 0.3) is 11.1 Å². The lowest BCUT2D eigenvalue weighted by Crippen LogP contribution is -2.43. The number of urea groups is 1. The molecule has 4 rings (SSSR count). The van der Waals surface area contributed by atoms with Crippen molar-refractivity contribution in [2.75, 3.05) is 36.8 Å². The number of hydrogen-bond donors (Lipinski definition) is 4. The van der Waals surface area contributed by atoms with Gasteiger partial charge in [-0.15, -0.1) is 0 Å². The Labute approximate surface area is 194 Å². The lowest BCUT2D eigenvalue weighted by atomic mass is 10.0. The van der Waals surface area contributed by atoms with E-state index in [4.69, 9.17) is 0 Å². The molecule has 0 radical (unpaired) electrons. The van der Waals surface area contributed by atoms with E-state index in [1.54, 1.807) is 36.5 Å². The zero-order valence-electron chi connectivity index (χ0n) is 18.2. The number of benzene rings is 2. The minimum Gasteiger partial charge on any atom is -0.328 e. The van der Waals surface area contributed by atoms with Crippen molar-refractivity contribution in [1.29, 1.82) is 0 Å². The van der Waals surface area contributed by atoms with E-state index in [2.05, 4.69) is 20.9 Å². The number of pyridine rings is 1. The Balaban J connectivity index is 1.42. The first kappa shape index (κ1) is 23.5. The zero-order chi connectivity index (χ0) is 24.1. The number of carbonyl (C=O) groups is 1. The molecular weight excluding hydrogens is 447 g/mol. The predicted molar refractivity (Wildman–Crippen MR) is 125 cm³/mol. The molecule has 1 aromatic heterocycles. The quantitative estimate of drug-likeness (QED) is 0.451. The second-order valence-electron chi connectivity index (χ2n) is 7.99. The van der Waals surface area contributed by atoms with E-state index < -0.39 is 17.8 Å². The van der Waals surface area contributed by atoms with Gasteiger partial charge in [0.25, 0.3) is 0 Å². The molecule has 34 heavy (non-hydrogen) atoms. The highest BCUT2D eigenvalue weighted by Crippen LogP contribution is 2.34. The Morgan fingerprint density at radius 2 is 1.56 bits per heavy atom. The average molecular weight is 471 g/mol. The summed E-state index contributed by atoms with van der Waals surface area (Å²) in [6.07, 6.45) is -2.95. The topological polar surface area (TPSA) is 89.3 Å². The fourth-order valence-corrected chi connectivity index (χ4v) is 3.80. The maximum atomic E-state index is 13.7. The van der Waals surface area contributed by atoms with Crippen LogP contribution in [0.15, 0.2) is 65.6 Å². The fourth-order valence-electron chi connectivity index (χ4n) is 3.80. The molecule has 0 unspecified atom stereocenters. The van der Waals surface area contributed by atoms with Crippen molar-refractivity contribution < 1.29 is 18.0 Å². The summed E-state index contributed by atoms with van der Waals surface area (Å²) in [6.45, 7) is 3.05. The summed E-state index contributed by atoms with van der Waals surface area (Å²) in [4.78, 5) is 28.1. The lowest BCUT2D eigenvalue weighted by molar-refractivity contribution is -0.138. The second-order valence-corrected chi connectivity index (χ2v) is 7.99. The number of piperazine rings is 1. The molecule has 3 aromatic rings. The third-order valence-corrected chi connectivity index (χ3v) is 5.54. The second kappa shape index (κ2) is 10.1. The van der Waals surface area contributed by atoms with Gasteiger partial charge in [0.15, 0.2) is 0 Å². The number of anilines is 2. The molecule has 1 aliphatic heterocycles. The van der Waals surface area contributed by atoms with Crippen molar-refractivity contribution in [3.05, 3.63) is 82.3 Å². The molecule has 1 fully saturated rings. The summed E-state index contributed by atoms with van der Waals surface area (Å²) in [7, 11) is 0. The van der Waals surface area contributed by atoms with Crippen LogP contribution in [0.5, 0.6) is 0 Å². The van der Waals surface area contributed by atoms with Crippen LogP contribution in [0.1, 0.15) is 11.1 Å². The summed E-state index contributed by atoms with van der Waals surface area (Å²) >= 11 is 0. The highest BCUT2D eigenvalue weighted by molar-refractivity contribution is 6.00. The molecule has 1 aliphatic rings. The maximum absolute atomic E-state index is 13.7. The number of alkyl halides is 3. The van der Waals surface area contributed by atoms with E-state index in [1.807, 2.05) is 4.90 Å². The summed E-state index contributed by atoms with van der Waals surface area (Å²) in [5, 5.41) is 8.26. The number of carbonyl (C=O) groups excluding carboxylic acids is 1. The number of amides is 2.